The average molecular weight is 317 g/mol. The number of hydrogen-bond donors (Lipinski definition) is 1. The quantitative estimate of drug-likeness (QED) is 0.889. The Morgan fingerprint density at radius 1 is 1.26 bits per heavy atom. The average Bonchev–Trinajstić information content (AvgIpc) is 3.09. The maximum atomic E-state index is 12.3. The summed E-state index contributed by atoms with van der Waals surface area (Å²) < 4.78 is 5.49. The van der Waals surface area contributed by atoms with E-state index in [1.165, 1.54) is 5.56 Å². The number of ether oxygens (including phenoxy) is 1. The Balaban J connectivity index is 1.49. The van der Waals surface area contributed by atoms with Gasteiger partial charge >= 0.3 is 0 Å². The first-order chi connectivity index (χ1) is 11.3. The largest absolute Gasteiger partial charge is 0.496 e. The van der Waals surface area contributed by atoms with Gasteiger partial charge in [-0.25, -0.2) is 0 Å². The van der Waals surface area contributed by atoms with Crippen LogP contribution in [0.4, 0.5) is 0 Å². The second-order valence-corrected chi connectivity index (χ2v) is 6.41. The third-order valence-electron chi connectivity index (χ3n) is 4.96. The monoisotopic (exact) mass is 317 g/mol. The van der Waals surface area contributed by atoms with Crippen LogP contribution in [-0.4, -0.2) is 68.6 Å². The van der Waals surface area contributed by atoms with Gasteiger partial charge in [0.05, 0.1) is 7.11 Å². The van der Waals surface area contributed by atoms with Gasteiger partial charge in [0.1, 0.15) is 5.75 Å². The van der Waals surface area contributed by atoms with E-state index in [1.54, 1.807) is 7.11 Å². The number of carbonyl (C=O) groups excluding carboxylic acids is 1. The van der Waals surface area contributed by atoms with Crippen molar-refractivity contribution in [2.24, 2.45) is 0 Å². The summed E-state index contributed by atoms with van der Waals surface area (Å²) in [5.74, 6) is 1.80. The number of carbonyl (C=O) groups is 1. The Hall–Kier alpha value is -1.59. The van der Waals surface area contributed by atoms with Crippen molar-refractivity contribution in [2.45, 2.75) is 18.8 Å². The van der Waals surface area contributed by atoms with Crippen LogP contribution in [0.5, 0.6) is 5.75 Å². The molecule has 0 aromatic heterocycles. The number of hydrogen-bond acceptors (Lipinski definition) is 4. The molecule has 0 bridgehead atoms. The molecule has 0 saturated carbocycles. The van der Waals surface area contributed by atoms with Gasteiger partial charge in [-0.2, -0.15) is 0 Å². The molecule has 5 nitrogen and oxygen atoms in total. The van der Waals surface area contributed by atoms with Gasteiger partial charge in [-0.3, -0.25) is 4.79 Å². The highest BCUT2D eigenvalue weighted by Gasteiger charge is 2.26. The molecule has 1 unspecified atom stereocenters. The van der Waals surface area contributed by atoms with Crippen LogP contribution in [0, 0.1) is 0 Å². The Morgan fingerprint density at radius 2 is 2.04 bits per heavy atom. The number of nitrogens with zero attached hydrogens (tertiary/aromatic N) is 2. The first-order valence-corrected chi connectivity index (χ1v) is 8.61. The van der Waals surface area contributed by atoms with Crippen LogP contribution in [-0.2, 0) is 4.79 Å². The number of benzene rings is 1. The smallest absolute Gasteiger partial charge is 0.223 e. The van der Waals surface area contributed by atoms with Gasteiger partial charge in [0, 0.05) is 51.6 Å². The maximum Gasteiger partial charge on any atom is 0.223 e. The van der Waals surface area contributed by atoms with E-state index >= 15 is 0 Å². The molecule has 2 aliphatic rings. The molecule has 2 saturated heterocycles. The van der Waals surface area contributed by atoms with E-state index in [0.29, 0.717) is 18.2 Å². The number of para-hydroxylation sites is 1. The minimum Gasteiger partial charge on any atom is -0.496 e. The molecule has 126 valence electrons. The predicted molar refractivity (Wildman–Crippen MR) is 90.9 cm³/mol. The number of rotatable bonds is 5. The Kier molecular flexibility index (Phi) is 5.51. The van der Waals surface area contributed by atoms with E-state index in [2.05, 4.69) is 22.3 Å². The summed E-state index contributed by atoms with van der Waals surface area (Å²) in [6.07, 6.45) is 1.78. The molecule has 2 heterocycles. The van der Waals surface area contributed by atoms with Crippen molar-refractivity contribution in [3.63, 3.8) is 0 Å². The topological polar surface area (TPSA) is 44.8 Å². The van der Waals surface area contributed by atoms with E-state index in [4.69, 9.17) is 4.74 Å². The molecule has 1 N–H and O–H groups in total. The summed E-state index contributed by atoms with van der Waals surface area (Å²) in [5, 5.41) is 3.29. The summed E-state index contributed by atoms with van der Waals surface area (Å²) in [6, 6.07) is 8.29. The van der Waals surface area contributed by atoms with Gasteiger partial charge < -0.3 is 19.9 Å². The molecule has 5 heteroatoms. The van der Waals surface area contributed by atoms with Crippen LogP contribution in [0.1, 0.15) is 24.3 Å². The number of amides is 1. The summed E-state index contributed by atoms with van der Waals surface area (Å²) in [6.45, 7) is 6.50. The lowest BCUT2D eigenvalue weighted by Gasteiger charge is -2.28. The normalized spacial score (nSPS) is 22.3. The van der Waals surface area contributed by atoms with Gasteiger partial charge in [0.25, 0.3) is 0 Å². The fourth-order valence-electron chi connectivity index (χ4n) is 3.62. The molecule has 1 amide bonds. The van der Waals surface area contributed by atoms with E-state index in [1.807, 2.05) is 17.0 Å². The first-order valence-electron chi connectivity index (χ1n) is 8.61. The third kappa shape index (κ3) is 4.03. The first kappa shape index (κ1) is 16.3. The molecular weight excluding hydrogens is 290 g/mol. The highest BCUT2D eigenvalue weighted by atomic mass is 16.5. The van der Waals surface area contributed by atoms with Gasteiger partial charge in [0.2, 0.25) is 5.91 Å². The second kappa shape index (κ2) is 7.79. The molecule has 2 aliphatic heterocycles. The van der Waals surface area contributed by atoms with Crippen LogP contribution < -0.4 is 10.1 Å². The lowest BCUT2D eigenvalue weighted by molar-refractivity contribution is -0.132. The number of likely N-dealkylation sites (tertiary alicyclic amines) is 1. The van der Waals surface area contributed by atoms with Crippen molar-refractivity contribution in [1.82, 2.24) is 15.1 Å². The third-order valence-corrected chi connectivity index (χ3v) is 4.96. The maximum absolute atomic E-state index is 12.3. The molecule has 3 rings (SSSR count). The minimum atomic E-state index is 0.298. The van der Waals surface area contributed by atoms with E-state index in [-0.39, 0.29) is 0 Å². The minimum absolute atomic E-state index is 0.298. The molecule has 0 radical (unpaired) electrons. The Morgan fingerprint density at radius 3 is 2.83 bits per heavy atom. The van der Waals surface area contributed by atoms with Crippen molar-refractivity contribution in [2.75, 3.05) is 52.9 Å². The number of methoxy groups -OCH3 is 1. The van der Waals surface area contributed by atoms with Crippen molar-refractivity contribution < 1.29 is 9.53 Å². The predicted octanol–water partition coefficient (Wildman–Crippen LogP) is 1.31. The fraction of sp³-hybridized carbons (Fsp3) is 0.611. The highest BCUT2D eigenvalue weighted by molar-refractivity contribution is 5.76. The zero-order chi connectivity index (χ0) is 16.1. The van der Waals surface area contributed by atoms with Crippen molar-refractivity contribution >= 4 is 5.91 Å². The molecule has 0 spiro atoms. The van der Waals surface area contributed by atoms with Gasteiger partial charge in [-0.1, -0.05) is 18.2 Å². The number of nitrogens with one attached hydrogen (secondary N) is 1. The Bertz CT molecular complexity index is 529. The van der Waals surface area contributed by atoms with Crippen LogP contribution in [0.3, 0.4) is 0 Å². The van der Waals surface area contributed by atoms with E-state index < -0.39 is 0 Å². The van der Waals surface area contributed by atoms with Crippen LogP contribution in [0.25, 0.3) is 0 Å². The molecular formula is C18H27N3O2. The van der Waals surface area contributed by atoms with Crippen LogP contribution in [0.15, 0.2) is 24.3 Å². The van der Waals surface area contributed by atoms with E-state index in [9.17, 15) is 4.79 Å². The summed E-state index contributed by atoms with van der Waals surface area (Å²) >= 11 is 0. The second-order valence-electron chi connectivity index (χ2n) is 6.41. The molecule has 1 atom stereocenters. The molecule has 23 heavy (non-hydrogen) atoms. The summed E-state index contributed by atoms with van der Waals surface area (Å²) in [5.41, 5.74) is 1.30. The van der Waals surface area contributed by atoms with E-state index in [0.717, 1.165) is 58.0 Å². The molecule has 1 aromatic carbocycles. The number of piperazine rings is 1. The zero-order valence-corrected chi connectivity index (χ0v) is 14.0. The van der Waals surface area contributed by atoms with Crippen LogP contribution in [0.2, 0.25) is 0 Å². The van der Waals surface area contributed by atoms with Crippen molar-refractivity contribution in [3.05, 3.63) is 29.8 Å². The summed E-state index contributed by atoms with van der Waals surface area (Å²) in [7, 11) is 1.73. The van der Waals surface area contributed by atoms with Crippen molar-refractivity contribution in [1.29, 1.82) is 0 Å². The highest BCUT2D eigenvalue weighted by Crippen LogP contribution is 2.33. The lowest BCUT2D eigenvalue weighted by atomic mass is 9.97. The fourth-order valence-corrected chi connectivity index (χ4v) is 3.62. The standard InChI is InChI=1S/C18H27N3O2/c1-23-17-5-3-2-4-16(17)15-6-10-20(14-15)11-7-18(22)21-12-8-19-9-13-21/h2-5,15,19H,6-14H2,1H3. The Labute approximate surface area is 138 Å². The SMILES string of the molecule is COc1ccccc1C1CCN(CCC(=O)N2CCNCC2)C1. The molecule has 1 aromatic rings. The summed E-state index contributed by atoms with van der Waals surface area (Å²) in [4.78, 5) is 16.7. The van der Waals surface area contributed by atoms with Gasteiger partial charge in [0.15, 0.2) is 0 Å². The van der Waals surface area contributed by atoms with Gasteiger partial charge in [-0.15, -0.1) is 0 Å². The van der Waals surface area contributed by atoms with Crippen LogP contribution >= 0.6 is 0 Å². The van der Waals surface area contributed by atoms with Crippen molar-refractivity contribution in [3.8, 4) is 5.75 Å². The zero-order valence-electron chi connectivity index (χ0n) is 14.0. The lowest BCUT2D eigenvalue weighted by Crippen LogP contribution is -2.47. The van der Waals surface area contributed by atoms with Gasteiger partial charge in [-0.05, 0) is 24.6 Å². The molecule has 0 aliphatic carbocycles. The molecule has 2 fully saturated rings.